The van der Waals surface area contributed by atoms with Gasteiger partial charge in [0.05, 0.1) is 12.7 Å². The summed E-state index contributed by atoms with van der Waals surface area (Å²) in [6, 6.07) is 8.99. The molecule has 2 aromatic rings. The number of halogens is 2. The Hall–Kier alpha value is -2.23. The summed E-state index contributed by atoms with van der Waals surface area (Å²) in [4.78, 5) is 12.2. The third-order valence-electron chi connectivity index (χ3n) is 3.04. The topological polar surface area (TPSA) is 26.3 Å². The predicted molar refractivity (Wildman–Crippen MR) is 72.1 cm³/mol. The molecule has 0 saturated carbocycles. The maximum absolute atomic E-state index is 13.6. The third-order valence-corrected chi connectivity index (χ3v) is 3.04. The van der Waals surface area contributed by atoms with E-state index >= 15 is 0 Å². The van der Waals surface area contributed by atoms with Crippen LogP contribution in [0.15, 0.2) is 36.4 Å². The van der Waals surface area contributed by atoms with Gasteiger partial charge in [-0.1, -0.05) is 23.8 Å². The van der Waals surface area contributed by atoms with Crippen LogP contribution in [0.2, 0.25) is 0 Å². The van der Waals surface area contributed by atoms with Gasteiger partial charge in [-0.25, -0.2) is 8.78 Å². The highest BCUT2D eigenvalue weighted by Crippen LogP contribution is 2.22. The van der Waals surface area contributed by atoms with Gasteiger partial charge < -0.3 is 4.74 Å². The molecule has 0 N–H and O–H groups in total. The van der Waals surface area contributed by atoms with E-state index in [2.05, 4.69) is 0 Å². The van der Waals surface area contributed by atoms with E-state index in [1.165, 1.54) is 19.2 Å². The van der Waals surface area contributed by atoms with Crippen LogP contribution in [0.1, 0.15) is 21.5 Å². The molecule has 0 saturated heterocycles. The van der Waals surface area contributed by atoms with E-state index in [0.29, 0.717) is 11.3 Å². The van der Waals surface area contributed by atoms with Gasteiger partial charge in [0, 0.05) is 6.42 Å². The first kappa shape index (κ1) is 14.2. The standard InChI is InChI=1S/C16H14F2O2/c1-10-6-7-15(20-2)12(8-10)14(19)9-11-4-3-5-13(17)16(11)18/h3-8H,9H2,1-2H3. The molecular formula is C16H14F2O2. The summed E-state index contributed by atoms with van der Waals surface area (Å²) in [5.74, 6) is -1.81. The number of carbonyl (C=O) groups is 1. The van der Waals surface area contributed by atoms with Crippen LogP contribution >= 0.6 is 0 Å². The van der Waals surface area contributed by atoms with Crippen molar-refractivity contribution in [3.63, 3.8) is 0 Å². The molecule has 0 heterocycles. The third kappa shape index (κ3) is 2.85. The molecule has 2 nitrogen and oxygen atoms in total. The monoisotopic (exact) mass is 276 g/mol. The van der Waals surface area contributed by atoms with Crippen molar-refractivity contribution >= 4 is 5.78 Å². The minimum absolute atomic E-state index is 0.0403. The Morgan fingerprint density at radius 3 is 2.65 bits per heavy atom. The van der Waals surface area contributed by atoms with Crippen molar-refractivity contribution < 1.29 is 18.3 Å². The first-order valence-corrected chi connectivity index (χ1v) is 6.13. The lowest BCUT2D eigenvalue weighted by Gasteiger charge is -2.09. The van der Waals surface area contributed by atoms with E-state index in [0.717, 1.165) is 11.6 Å². The second kappa shape index (κ2) is 5.82. The molecule has 0 aliphatic heterocycles. The van der Waals surface area contributed by atoms with Crippen molar-refractivity contribution in [2.45, 2.75) is 13.3 Å². The first-order chi connectivity index (χ1) is 9.52. The molecule has 2 aromatic carbocycles. The molecule has 0 amide bonds. The summed E-state index contributed by atoms with van der Waals surface area (Å²) < 4.78 is 31.8. The zero-order valence-electron chi connectivity index (χ0n) is 11.2. The van der Waals surface area contributed by atoms with E-state index < -0.39 is 11.6 Å². The van der Waals surface area contributed by atoms with Gasteiger partial charge in [0.15, 0.2) is 17.4 Å². The predicted octanol–water partition coefficient (Wildman–Crippen LogP) is 3.71. The largest absolute Gasteiger partial charge is 0.496 e. The summed E-state index contributed by atoms with van der Waals surface area (Å²) in [7, 11) is 1.46. The van der Waals surface area contributed by atoms with Gasteiger partial charge in [0.1, 0.15) is 5.75 Å². The fraction of sp³-hybridized carbons (Fsp3) is 0.188. The molecule has 0 aliphatic carbocycles. The van der Waals surface area contributed by atoms with Gasteiger partial charge >= 0.3 is 0 Å². The average Bonchev–Trinajstić information content (AvgIpc) is 2.43. The molecule has 0 spiro atoms. The van der Waals surface area contributed by atoms with Crippen molar-refractivity contribution in [3.05, 3.63) is 64.7 Å². The van der Waals surface area contributed by atoms with Gasteiger partial charge in [-0.15, -0.1) is 0 Å². The number of benzene rings is 2. The van der Waals surface area contributed by atoms with E-state index in [1.54, 1.807) is 12.1 Å². The Labute approximate surface area is 116 Å². The average molecular weight is 276 g/mol. The summed E-state index contributed by atoms with van der Waals surface area (Å²) >= 11 is 0. The van der Waals surface area contributed by atoms with E-state index in [9.17, 15) is 13.6 Å². The van der Waals surface area contributed by atoms with Crippen molar-refractivity contribution in [3.8, 4) is 5.75 Å². The maximum atomic E-state index is 13.6. The Morgan fingerprint density at radius 1 is 1.20 bits per heavy atom. The van der Waals surface area contributed by atoms with Gasteiger partial charge in [-0.05, 0) is 30.7 Å². The van der Waals surface area contributed by atoms with E-state index in [-0.39, 0.29) is 17.8 Å². The molecule has 0 aliphatic rings. The highest BCUT2D eigenvalue weighted by molar-refractivity contribution is 6.00. The van der Waals surface area contributed by atoms with Gasteiger partial charge in [-0.3, -0.25) is 4.79 Å². The molecule has 0 unspecified atom stereocenters. The second-order valence-corrected chi connectivity index (χ2v) is 4.52. The number of Topliss-reactive ketones (excluding diaryl/α,β-unsaturated/α-hetero) is 1. The van der Waals surface area contributed by atoms with Crippen LogP contribution in [-0.4, -0.2) is 12.9 Å². The molecule has 20 heavy (non-hydrogen) atoms. The fourth-order valence-electron chi connectivity index (χ4n) is 1.99. The van der Waals surface area contributed by atoms with Crippen LogP contribution in [0.4, 0.5) is 8.78 Å². The quantitative estimate of drug-likeness (QED) is 0.796. The summed E-state index contributed by atoms with van der Waals surface area (Å²) in [5, 5.41) is 0. The molecule has 0 radical (unpaired) electrons. The van der Waals surface area contributed by atoms with E-state index in [4.69, 9.17) is 4.74 Å². The van der Waals surface area contributed by atoms with Crippen LogP contribution < -0.4 is 4.74 Å². The second-order valence-electron chi connectivity index (χ2n) is 4.52. The summed E-state index contributed by atoms with van der Waals surface area (Å²) in [6.45, 7) is 1.85. The van der Waals surface area contributed by atoms with Crippen molar-refractivity contribution in [2.75, 3.05) is 7.11 Å². The number of rotatable bonds is 4. The number of hydrogen-bond acceptors (Lipinski definition) is 2. The van der Waals surface area contributed by atoms with E-state index in [1.807, 2.05) is 13.0 Å². The van der Waals surface area contributed by atoms with Crippen molar-refractivity contribution in [1.29, 1.82) is 0 Å². The Morgan fingerprint density at radius 2 is 1.95 bits per heavy atom. The highest BCUT2D eigenvalue weighted by Gasteiger charge is 2.16. The fourth-order valence-corrected chi connectivity index (χ4v) is 1.99. The zero-order valence-corrected chi connectivity index (χ0v) is 11.2. The van der Waals surface area contributed by atoms with Crippen LogP contribution in [-0.2, 0) is 6.42 Å². The maximum Gasteiger partial charge on any atom is 0.171 e. The Bertz CT molecular complexity index is 651. The Balaban J connectivity index is 2.33. The summed E-state index contributed by atoms with van der Waals surface area (Å²) in [5.41, 5.74) is 1.31. The van der Waals surface area contributed by atoms with Gasteiger partial charge in [0.2, 0.25) is 0 Å². The zero-order chi connectivity index (χ0) is 14.7. The minimum atomic E-state index is -0.979. The molecule has 2 rings (SSSR count). The van der Waals surface area contributed by atoms with Crippen LogP contribution in [0.3, 0.4) is 0 Å². The van der Waals surface area contributed by atoms with Crippen molar-refractivity contribution in [2.24, 2.45) is 0 Å². The molecule has 0 bridgehead atoms. The SMILES string of the molecule is COc1ccc(C)cc1C(=O)Cc1cccc(F)c1F. The number of aryl methyl sites for hydroxylation is 1. The lowest BCUT2D eigenvalue weighted by atomic mass is 10.00. The minimum Gasteiger partial charge on any atom is -0.496 e. The van der Waals surface area contributed by atoms with Crippen molar-refractivity contribution in [1.82, 2.24) is 0 Å². The summed E-state index contributed by atoms with van der Waals surface area (Å²) in [6.07, 6.45) is -0.205. The molecule has 0 fully saturated rings. The molecule has 0 atom stereocenters. The number of carbonyl (C=O) groups excluding carboxylic acids is 1. The lowest BCUT2D eigenvalue weighted by Crippen LogP contribution is -2.08. The van der Waals surface area contributed by atoms with Crippen LogP contribution in [0.5, 0.6) is 5.75 Å². The lowest BCUT2D eigenvalue weighted by molar-refractivity contribution is 0.0988. The number of hydrogen-bond donors (Lipinski definition) is 0. The first-order valence-electron chi connectivity index (χ1n) is 6.13. The molecular weight excluding hydrogens is 262 g/mol. The number of methoxy groups -OCH3 is 1. The Kier molecular flexibility index (Phi) is 4.13. The molecule has 104 valence electrons. The normalized spacial score (nSPS) is 10.4. The molecule has 4 heteroatoms. The number of ketones is 1. The highest BCUT2D eigenvalue weighted by atomic mass is 19.2. The number of ether oxygens (including phenoxy) is 1. The van der Waals surface area contributed by atoms with Crippen LogP contribution in [0.25, 0.3) is 0 Å². The van der Waals surface area contributed by atoms with Gasteiger partial charge in [0.25, 0.3) is 0 Å². The molecule has 0 aromatic heterocycles. The van der Waals surface area contributed by atoms with Crippen LogP contribution in [0, 0.1) is 18.6 Å². The smallest absolute Gasteiger partial charge is 0.171 e. The van der Waals surface area contributed by atoms with Gasteiger partial charge in [-0.2, -0.15) is 0 Å².